The fourth-order valence-electron chi connectivity index (χ4n) is 1.35. The van der Waals surface area contributed by atoms with Crippen LogP contribution in [0.2, 0.25) is 0 Å². The van der Waals surface area contributed by atoms with Crippen LogP contribution in [0.25, 0.3) is 0 Å². The number of aryl methyl sites for hydroxylation is 1. The summed E-state index contributed by atoms with van der Waals surface area (Å²) in [5, 5.41) is 0. The number of benzene rings is 1. The van der Waals surface area contributed by atoms with Gasteiger partial charge in [0.1, 0.15) is 5.82 Å². The van der Waals surface area contributed by atoms with Crippen molar-refractivity contribution in [2.45, 2.75) is 31.5 Å². The van der Waals surface area contributed by atoms with Gasteiger partial charge in [-0.05, 0) is 36.1 Å². The van der Waals surface area contributed by atoms with E-state index < -0.39 is 0 Å². The number of alkyl halides is 1. The Bertz CT molecular complexity index is 294. The molecule has 0 aliphatic heterocycles. The van der Waals surface area contributed by atoms with E-state index in [0.29, 0.717) is 10.7 Å². The van der Waals surface area contributed by atoms with E-state index in [-0.39, 0.29) is 5.82 Å². The second-order valence-corrected chi connectivity index (χ2v) is 4.91. The zero-order chi connectivity index (χ0) is 10.0. The summed E-state index contributed by atoms with van der Waals surface area (Å²) < 4.78 is 13.0. The molecule has 0 radical (unpaired) electrons. The fraction of sp³-hybridized carbons (Fsp3) is 0.455. The van der Waals surface area contributed by atoms with E-state index in [9.17, 15) is 4.39 Å². The average Bonchev–Trinajstić information content (AvgIpc) is 2.08. The molecule has 0 aliphatic rings. The molecule has 0 aliphatic carbocycles. The van der Waals surface area contributed by atoms with Crippen LogP contribution in [-0.2, 0) is 0 Å². The van der Waals surface area contributed by atoms with Crippen molar-refractivity contribution in [3.8, 4) is 0 Å². The predicted molar refractivity (Wildman–Crippen MR) is 57.9 cm³/mol. The van der Waals surface area contributed by atoms with Crippen molar-refractivity contribution in [3.63, 3.8) is 0 Å². The Balaban J connectivity index is 3.05. The highest BCUT2D eigenvalue weighted by Crippen LogP contribution is 2.27. The highest BCUT2D eigenvalue weighted by molar-refractivity contribution is 9.09. The van der Waals surface area contributed by atoms with Gasteiger partial charge in [-0.25, -0.2) is 4.39 Å². The summed E-state index contributed by atoms with van der Waals surface area (Å²) in [7, 11) is 0. The van der Waals surface area contributed by atoms with E-state index in [2.05, 4.69) is 29.8 Å². The lowest BCUT2D eigenvalue weighted by atomic mass is 9.94. The van der Waals surface area contributed by atoms with Crippen LogP contribution in [0.4, 0.5) is 4.39 Å². The summed E-state index contributed by atoms with van der Waals surface area (Å²) in [6, 6.07) is 4.96. The Morgan fingerprint density at radius 3 is 2.46 bits per heavy atom. The van der Waals surface area contributed by atoms with Crippen molar-refractivity contribution in [1.29, 1.82) is 0 Å². The molecule has 2 atom stereocenters. The molecule has 0 heterocycles. The summed E-state index contributed by atoms with van der Waals surface area (Å²) >= 11 is 3.51. The van der Waals surface area contributed by atoms with Gasteiger partial charge in [0.15, 0.2) is 0 Å². The zero-order valence-corrected chi connectivity index (χ0v) is 9.73. The first kappa shape index (κ1) is 10.7. The normalized spacial score (nSPS) is 15.5. The molecule has 2 heteroatoms. The van der Waals surface area contributed by atoms with Gasteiger partial charge in [0.05, 0.1) is 0 Å². The van der Waals surface area contributed by atoms with Crippen molar-refractivity contribution in [3.05, 3.63) is 35.1 Å². The van der Waals surface area contributed by atoms with Crippen LogP contribution in [0.5, 0.6) is 0 Å². The second-order valence-electron chi connectivity index (χ2n) is 3.47. The van der Waals surface area contributed by atoms with Gasteiger partial charge in [0.2, 0.25) is 0 Å². The van der Waals surface area contributed by atoms with E-state index in [1.807, 2.05) is 13.0 Å². The lowest BCUT2D eigenvalue weighted by Gasteiger charge is -2.16. The van der Waals surface area contributed by atoms with Crippen LogP contribution < -0.4 is 0 Å². The summed E-state index contributed by atoms with van der Waals surface area (Å²) in [6.07, 6.45) is 0. The van der Waals surface area contributed by atoms with Crippen molar-refractivity contribution >= 4 is 15.9 Å². The van der Waals surface area contributed by atoms with Crippen LogP contribution in [-0.4, -0.2) is 4.83 Å². The molecule has 0 N–H and O–H groups in total. The van der Waals surface area contributed by atoms with Crippen LogP contribution in [0.1, 0.15) is 30.9 Å². The number of hydrogen-bond acceptors (Lipinski definition) is 0. The molecule has 1 aromatic carbocycles. The molecule has 0 saturated heterocycles. The molecule has 0 spiro atoms. The molecule has 2 unspecified atom stereocenters. The Morgan fingerprint density at radius 2 is 1.92 bits per heavy atom. The van der Waals surface area contributed by atoms with Gasteiger partial charge in [-0.2, -0.15) is 0 Å². The first-order valence-corrected chi connectivity index (χ1v) is 5.34. The van der Waals surface area contributed by atoms with E-state index >= 15 is 0 Å². The molecule has 13 heavy (non-hydrogen) atoms. The van der Waals surface area contributed by atoms with E-state index in [1.165, 1.54) is 6.07 Å². The molecule has 0 amide bonds. The van der Waals surface area contributed by atoms with Crippen LogP contribution in [0, 0.1) is 12.7 Å². The second kappa shape index (κ2) is 4.23. The summed E-state index contributed by atoms with van der Waals surface area (Å²) in [6.45, 7) is 6.19. The van der Waals surface area contributed by atoms with Gasteiger partial charge in [0.25, 0.3) is 0 Å². The molecular weight excluding hydrogens is 231 g/mol. The smallest absolute Gasteiger partial charge is 0.123 e. The summed E-state index contributed by atoms with van der Waals surface area (Å²) in [5.74, 6) is 0.191. The largest absolute Gasteiger partial charge is 0.207 e. The minimum absolute atomic E-state index is 0.152. The van der Waals surface area contributed by atoms with Crippen LogP contribution in [0.15, 0.2) is 18.2 Å². The molecule has 0 bridgehead atoms. The highest BCUT2D eigenvalue weighted by Gasteiger charge is 2.13. The van der Waals surface area contributed by atoms with Crippen molar-refractivity contribution in [2.75, 3.05) is 0 Å². The zero-order valence-electron chi connectivity index (χ0n) is 8.14. The SMILES string of the molecule is Cc1ccc(F)cc1C(C)C(C)Br. The summed E-state index contributed by atoms with van der Waals surface area (Å²) in [5.41, 5.74) is 2.24. The monoisotopic (exact) mass is 244 g/mol. The highest BCUT2D eigenvalue weighted by atomic mass is 79.9. The first-order chi connectivity index (χ1) is 6.02. The minimum Gasteiger partial charge on any atom is -0.207 e. The fourth-order valence-corrected chi connectivity index (χ4v) is 1.63. The van der Waals surface area contributed by atoms with Gasteiger partial charge in [0, 0.05) is 4.83 Å². The minimum atomic E-state index is -0.152. The maximum Gasteiger partial charge on any atom is 0.123 e. The molecule has 0 aromatic heterocycles. The third-order valence-electron chi connectivity index (χ3n) is 2.42. The van der Waals surface area contributed by atoms with Crippen molar-refractivity contribution < 1.29 is 4.39 Å². The number of rotatable bonds is 2. The maximum absolute atomic E-state index is 13.0. The third kappa shape index (κ3) is 2.53. The first-order valence-electron chi connectivity index (χ1n) is 4.42. The number of halogens is 2. The molecule has 72 valence electrons. The molecule has 0 fully saturated rings. The van der Waals surface area contributed by atoms with E-state index in [0.717, 1.165) is 11.1 Å². The average molecular weight is 245 g/mol. The van der Waals surface area contributed by atoms with Gasteiger partial charge >= 0.3 is 0 Å². The Hall–Kier alpha value is -0.370. The molecule has 0 saturated carbocycles. The van der Waals surface area contributed by atoms with Gasteiger partial charge < -0.3 is 0 Å². The standard InChI is InChI=1S/C11H14BrF/c1-7-4-5-10(13)6-11(7)8(2)9(3)12/h4-6,8-9H,1-3H3. The topological polar surface area (TPSA) is 0 Å². The Kier molecular flexibility index (Phi) is 3.48. The lowest BCUT2D eigenvalue weighted by molar-refractivity contribution is 0.620. The Labute approximate surface area is 87.3 Å². The van der Waals surface area contributed by atoms with Crippen molar-refractivity contribution in [2.24, 2.45) is 0 Å². The van der Waals surface area contributed by atoms with E-state index in [4.69, 9.17) is 0 Å². The Morgan fingerprint density at radius 1 is 1.31 bits per heavy atom. The van der Waals surface area contributed by atoms with Gasteiger partial charge in [-0.1, -0.05) is 35.8 Å². The quantitative estimate of drug-likeness (QED) is 0.690. The predicted octanol–water partition coefficient (Wildman–Crippen LogP) is 4.02. The number of hydrogen-bond donors (Lipinski definition) is 0. The van der Waals surface area contributed by atoms with E-state index in [1.54, 1.807) is 6.07 Å². The van der Waals surface area contributed by atoms with Crippen molar-refractivity contribution in [1.82, 2.24) is 0 Å². The van der Waals surface area contributed by atoms with Crippen LogP contribution in [0.3, 0.4) is 0 Å². The molecule has 0 nitrogen and oxygen atoms in total. The molecule has 1 rings (SSSR count). The molecular formula is C11H14BrF. The molecule has 1 aromatic rings. The van der Waals surface area contributed by atoms with Gasteiger partial charge in [-0.3, -0.25) is 0 Å². The van der Waals surface area contributed by atoms with Crippen LogP contribution >= 0.6 is 15.9 Å². The van der Waals surface area contributed by atoms with Gasteiger partial charge in [-0.15, -0.1) is 0 Å². The third-order valence-corrected chi connectivity index (χ3v) is 3.21. The lowest BCUT2D eigenvalue weighted by Crippen LogP contribution is -2.06. The summed E-state index contributed by atoms with van der Waals surface area (Å²) in [4.78, 5) is 0.369. The maximum atomic E-state index is 13.0.